The number of phenols is 1. The summed E-state index contributed by atoms with van der Waals surface area (Å²) in [7, 11) is 2.78. The van der Waals surface area contributed by atoms with Crippen LogP contribution in [0.3, 0.4) is 0 Å². The third-order valence-electron chi connectivity index (χ3n) is 11.0. The number of aromatic nitrogens is 1. The highest BCUT2D eigenvalue weighted by atomic mass is 33.1. The van der Waals surface area contributed by atoms with E-state index in [1.807, 2.05) is 48.8 Å². The molecular weight excluding hydrogens is 785 g/mol. The van der Waals surface area contributed by atoms with Gasteiger partial charge in [0.25, 0.3) is 0 Å². The fraction of sp³-hybridized carbons (Fsp3) is 0.326. The van der Waals surface area contributed by atoms with Gasteiger partial charge in [-0.1, -0.05) is 83.1 Å². The van der Waals surface area contributed by atoms with E-state index in [-0.39, 0.29) is 63.4 Å². The Balaban J connectivity index is 1.21. The van der Waals surface area contributed by atoms with Crippen molar-refractivity contribution < 1.29 is 48.6 Å². The van der Waals surface area contributed by atoms with Crippen molar-refractivity contribution >= 4 is 50.9 Å². The smallest absolute Gasteiger partial charge is 0.335 e. The lowest BCUT2D eigenvalue weighted by atomic mass is 9.73. The highest BCUT2D eigenvalue weighted by Crippen LogP contribution is 2.44. The van der Waals surface area contributed by atoms with Crippen LogP contribution in [0.5, 0.6) is 11.5 Å². The number of carbonyl (C=O) groups is 2. The monoisotopic (exact) mass is 828 g/mol. The van der Waals surface area contributed by atoms with Crippen molar-refractivity contribution in [2.24, 2.45) is 11.8 Å². The number of aromatic hydroxyl groups is 1. The predicted molar refractivity (Wildman–Crippen MR) is 221 cm³/mol. The van der Waals surface area contributed by atoms with E-state index in [0.29, 0.717) is 17.9 Å². The van der Waals surface area contributed by atoms with Crippen LogP contribution in [0, 0.1) is 11.8 Å². The van der Waals surface area contributed by atoms with E-state index >= 15 is 0 Å². The summed E-state index contributed by atoms with van der Waals surface area (Å²) in [6.07, 6.45) is 4.27. The minimum absolute atomic E-state index is 0.00526. The summed E-state index contributed by atoms with van der Waals surface area (Å²) in [5.74, 6) is -0.908. The molecule has 5 aromatic rings. The summed E-state index contributed by atoms with van der Waals surface area (Å²) in [5.41, 5.74) is -2.30. The second kappa shape index (κ2) is 18.0. The molecule has 4 heterocycles. The van der Waals surface area contributed by atoms with Gasteiger partial charge in [0.2, 0.25) is 6.29 Å². The average Bonchev–Trinajstić information content (AvgIpc) is 3.76. The van der Waals surface area contributed by atoms with Crippen molar-refractivity contribution in [1.29, 1.82) is 0 Å². The summed E-state index contributed by atoms with van der Waals surface area (Å²) in [4.78, 5) is 42.4. The van der Waals surface area contributed by atoms with Gasteiger partial charge >= 0.3 is 5.97 Å². The lowest BCUT2D eigenvalue weighted by Crippen LogP contribution is -2.80. The number of phenolic OH excluding ortho intramolecular Hbond substituents is 1. The molecule has 0 saturated carbocycles. The lowest BCUT2D eigenvalue weighted by molar-refractivity contribution is -0.340. The van der Waals surface area contributed by atoms with Crippen LogP contribution < -0.4 is 15.5 Å². The first-order valence-electron chi connectivity index (χ1n) is 18.7. The number of allylic oxidation sites excluding steroid dienone is 1. The van der Waals surface area contributed by atoms with Gasteiger partial charge in [0.15, 0.2) is 29.0 Å². The van der Waals surface area contributed by atoms with Gasteiger partial charge in [-0.2, -0.15) is 0 Å². The molecular formula is C43H44N2O11S2. The summed E-state index contributed by atoms with van der Waals surface area (Å²) < 4.78 is 23.9. The van der Waals surface area contributed by atoms with Crippen molar-refractivity contribution in [3.8, 4) is 22.6 Å². The van der Waals surface area contributed by atoms with Crippen LogP contribution in [0.25, 0.3) is 28.2 Å². The molecule has 6 N–H and O–H groups in total. The number of aliphatic hydroxyl groups is 2. The van der Waals surface area contributed by atoms with E-state index in [9.17, 15) is 34.8 Å². The highest BCUT2D eigenvalue weighted by molar-refractivity contribution is 8.76. The van der Waals surface area contributed by atoms with Crippen LogP contribution >= 0.6 is 21.6 Å². The number of aromatic amines is 1. The maximum absolute atomic E-state index is 13.5. The average molecular weight is 829 g/mol. The summed E-state index contributed by atoms with van der Waals surface area (Å²) in [6, 6.07) is 22.4. The molecule has 2 fully saturated rings. The summed E-state index contributed by atoms with van der Waals surface area (Å²) in [5, 5.41) is 47.7. The largest absolute Gasteiger partial charge is 0.508 e. The number of fused-ring (bicyclic) bond motifs is 2. The number of carboxylic acid groups (broad SMARTS) is 1. The number of aliphatic hydroxyl groups excluding tert-OH is 1. The van der Waals surface area contributed by atoms with Crippen molar-refractivity contribution in [1.82, 2.24) is 10.3 Å². The van der Waals surface area contributed by atoms with Gasteiger partial charge in [-0.05, 0) is 77.7 Å². The Labute approximate surface area is 341 Å². The number of aldehydes is 1. The van der Waals surface area contributed by atoms with Crippen LogP contribution in [0.15, 0.2) is 113 Å². The van der Waals surface area contributed by atoms with Gasteiger partial charge in [-0.3, -0.25) is 9.59 Å². The van der Waals surface area contributed by atoms with Gasteiger partial charge in [0.05, 0.1) is 10.9 Å². The van der Waals surface area contributed by atoms with Crippen LogP contribution in [-0.4, -0.2) is 92.1 Å². The predicted octanol–water partition coefficient (Wildman–Crippen LogP) is 5.81. The molecule has 0 spiro atoms. The molecule has 8 atom stereocenters. The van der Waals surface area contributed by atoms with Gasteiger partial charge in [-0.25, -0.2) is 4.79 Å². The number of nitrogens with one attached hydrogen (secondary N) is 2. The van der Waals surface area contributed by atoms with Crippen molar-refractivity contribution in [3.63, 3.8) is 0 Å². The molecule has 58 heavy (non-hydrogen) atoms. The molecule has 0 aliphatic carbocycles. The molecule has 0 amide bonds. The Morgan fingerprint density at radius 3 is 2.60 bits per heavy atom. The zero-order chi connectivity index (χ0) is 40.9. The Morgan fingerprint density at radius 1 is 1.09 bits per heavy atom. The number of β-amino-alcohol motifs (C(OH)–C–C–N with tert-alkyl or cyclic N) is 1. The minimum Gasteiger partial charge on any atom is -0.508 e. The first kappa shape index (κ1) is 41.3. The van der Waals surface area contributed by atoms with E-state index in [4.69, 9.17) is 18.6 Å². The zero-order valence-corrected chi connectivity index (χ0v) is 33.1. The van der Waals surface area contributed by atoms with E-state index in [1.165, 1.54) is 58.2 Å². The van der Waals surface area contributed by atoms with Crippen molar-refractivity contribution in [2.75, 3.05) is 24.8 Å². The maximum atomic E-state index is 13.5. The SMILES string of the molecule is C[C@H](C/C=C/c1ccccc1)[C@H]1CNC[C@]2(O)[C@H](Oc3ccc4c(=O)c(-c5ccc(O)cc5)coc4c3)O[C@H](C(=O)O)[C@@H](O)[C@]2(C=O)OCSSC[C@H]1c1cc[nH]c1. The molecule has 2 aromatic heterocycles. The molecule has 304 valence electrons. The van der Waals surface area contributed by atoms with Gasteiger partial charge < -0.3 is 49.4 Å². The molecule has 7 rings (SSSR count). The van der Waals surface area contributed by atoms with Crippen molar-refractivity contribution in [3.05, 3.63) is 125 Å². The molecule has 0 unspecified atom stereocenters. The molecule has 3 aromatic carbocycles. The molecule has 2 aliphatic heterocycles. The fourth-order valence-corrected chi connectivity index (χ4v) is 9.80. The molecule has 15 heteroatoms. The number of carboxylic acids is 1. The fourth-order valence-electron chi connectivity index (χ4n) is 7.73. The molecule has 13 nitrogen and oxygen atoms in total. The Hall–Kier alpha value is -4.87. The third kappa shape index (κ3) is 8.34. The van der Waals surface area contributed by atoms with Gasteiger partial charge in [-0.15, -0.1) is 0 Å². The number of H-pyrrole nitrogens is 1. The first-order chi connectivity index (χ1) is 28.0. The van der Waals surface area contributed by atoms with Crippen LogP contribution in [-0.2, 0) is 19.1 Å². The Kier molecular flexibility index (Phi) is 12.8. The number of benzene rings is 3. The van der Waals surface area contributed by atoms with E-state index < -0.39 is 42.2 Å². The standard InChI is InChI=1S/C43H44N2O11S2/c1-26(6-5-9-27-7-3-2-4-8-27)33-20-45-23-42(52)41(55-31-14-15-32-36(18-31)53-21-34(37(32)48)28-10-12-30(47)13-11-28)56-38(40(50)51)39(49)43(42,24-46)54-25-58-57-22-35(33)29-16-17-44-19-29/h2-5,7-19,21,24,26,33,35,38-39,41,44-45,47,49,52H,6,20,22-23,25H2,1H3,(H,50,51)/b9-5+/t26-,33-,35+,38+,39-,41-,42+,43+/m1/s1. The minimum atomic E-state index is -2.53. The van der Waals surface area contributed by atoms with E-state index in [0.717, 1.165) is 17.5 Å². The molecule has 0 bridgehead atoms. The Morgan fingerprint density at radius 2 is 1.88 bits per heavy atom. The highest BCUT2D eigenvalue weighted by Gasteiger charge is 2.69. The van der Waals surface area contributed by atoms with Crippen LogP contribution in [0.2, 0.25) is 0 Å². The Bertz CT molecular complexity index is 2270. The third-order valence-corrected chi connectivity index (χ3v) is 13.1. The van der Waals surface area contributed by atoms with Gasteiger partial charge in [0.1, 0.15) is 35.4 Å². The normalized spacial score (nSPS) is 27.5. The molecule has 2 saturated heterocycles. The van der Waals surface area contributed by atoms with E-state index in [2.05, 4.69) is 29.4 Å². The second-order valence-corrected chi connectivity index (χ2v) is 17.0. The number of rotatable bonds is 10. The topological polar surface area (TPSA) is 201 Å². The quantitative estimate of drug-likeness (QED) is 0.0728. The number of hydrogen-bond acceptors (Lipinski definition) is 13. The van der Waals surface area contributed by atoms with Crippen molar-refractivity contribution in [2.45, 2.75) is 49.0 Å². The van der Waals surface area contributed by atoms with Crippen LogP contribution in [0.1, 0.15) is 30.4 Å². The maximum Gasteiger partial charge on any atom is 0.335 e. The number of aliphatic carboxylic acids is 1. The molecule has 0 radical (unpaired) electrons. The number of hydrogen-bond donors (Lipinski definition) is 6. The lowest BCUT2D eigenvalue weighted by Gasteiger charge is -2.53. The summed E-state index contributed by atoms with van der Waals surface area (Å²) in [6.45, 7) is 2.09. The number of carbonyl (C=O) groups excluding carboxylic acids is 1. The number of ether oxygens (including phenoxy) is 3. The van der Waals surface area contributed by atoms with Gasteiger partial charge in [0, 0.05) is 30.8 Å². The van der Waals surface area contributed by atoms with E-state index in [1.54, 1.807) is 12.1 Å². The summed E-state index contributed by atoms with van der Waals surface area (Å²) >= 11 is 0. The van der Waals surface area contributed by atoms with Crippen LogP contribution in [0.4, 0.5) is 0 Å². The first-order valence-corrected chi connectivity index (χ1v) is 21.2. The second-order valence-electron chi connectivity index (χ2n) is 14.5. The molecule has 2 aliphatic rings. The zero-order valence-electron chi connectivity index (χ0n) is 31.4.